The molecule has 4 nitrogen and oxygen atoms in total. The minimum atomic E-state index is 0.166. The lowest BCUT2D eigenvalue weighted by Crippen LogP contribution is -2.42. The molecular weight excluding hydrogens is 226 g/mol. The van der Waals surface area contributed by atoms with E-state index in [4.69, 9.17) is 11.6 Å². The fraction of sp³-hybridized carbons (Fsp3) is 0.636. The number of halogens is 1. The number of hydrogen-bond acceptors (Lipinski definition) is 4. The summed E-state index contributed by atoms with van der Waals surface area (Å²) in [5.74, 6) is 0.830. The minimum Gasteiger partial charge on any atom is -0.394 e. The standard InChI is InChI=1S/C11H16ClN3O/c1-8-6-10(14-11(12)13-8)15-5-3-2-4-9(15)7-16/h6,9,16H,2-5,7H2,1H3/t9-/m0/s1. The molecule has 2 heterocycles. The van der Waals surface area contributed by atoms with Crippen LogP contribution in [0.15, 0.2) is 6.07 Å². The molecule has 1 fully saturated rings. The Morgan fingerprint density at radius 3 is 3.00 bits per heavy atom. The summed E-state index contributed by atoms with van der Waals surface area (Å²) in [5.41, 5.74) is 0.859. The van der Waals surface area contributed by atoms with Crippen molar-refractivity contribution in [3.05, 3.63) is 17.0 Å². The summed E-state index contributed by atoms with van der Waals surface area (Å²) in [6.45, 7) is 2.99. The van der Waals surface area contributed by atoms with Crippen molar-refractivity contribution in [2.24, 2.45) is 0 Å². The van der Waals surface area contributed by atoms with Crippen molar-refractivity contribution in [3.8, 4) is 0 Å². The molecule has 16 heavy (non-hydrogen) atoms. The second kappa shape index (κ2) is 4.97. The number of aromatic nitrogens is 2. The highest BCUT2D eigenvalue weighted by Gasteiger charge is 2.23. The van der Waals surface area contributed by atoms with Gasteiger partial charge >= 0.3 is 0 Å². The molecule has 88 valence electrons. The highest BCUT2D eigenvalue weighted by molar-refractivity contribution is 6.28. The van der Waals surface area contributed by atoms with E-state index in [2.05, 4.69) is 14.9 Å². The van der Waals surface area contributed by atoms with Gasteiger partial charge in [0, 0.05) is 18.3 Å². The van der Waals surface area contributed by atoms with Crippen LogP contribution in [0.1, 0.15) is 25.0 Å². The number of hydrogen-bond donors (Lipinski definition) is 1. The first-order chi connectivity index (χ1) is 7.70. The van der Waals surface area contributed by atoms with Crippen molar-refractivity contribution in [2.45, 2.75) is 32.2 Å². The first-order valence-electron chi connectivity index (χ1n) is 5.59. The molecule has 0 aromatic carbocycles. The normalized spacial score (nSPS) is 21.2. The highest BCUT2D eigenvalue weighted by Crippen LogP contribution is 2.24. The zero-order chi connectivity index (χ0) is 11.5. The van der Waals surface area contributed by atoms with Crippen LogP contribution in [0.25, 0.3) is 0 Å². The van der Waals surface area contributed by atoms with Crippen molar-refractivity contribution in [1.82, 2.24) is 9.97 Å². The van der Waals surface area contributed by atoms with Gasteiger partial charge in [0.1, 0.15) is 5.82 Å². The third-order valence-corrected chi connectivity index (χ3v) is 3.11. The van der Waals surface area contributed by atoms with Crippen LogP contribution in [0.5, 0.6) is 0 Å². The van der Waals surface area contributed by atoms with Crippen LogP contribution in [0.3, 0.4) is 0 Å². The molecule has 0 bridgehead atoms. The lowest BCUT2D eigenvalue weighted by atomic mass is 10.0. The number of aliphatic hydroxyl groups excluding tert-OH is 1. The number of piperidine rings is 1. The smallest absolute Gasteiger partial charge is 0.224 e. The summed E-state index contributed by atoms with van der Waals surface area (Å²) in [7, 11) is 0. The highest BCUT2D eigenvalue weighted by atomic mass is 35.5. The average Bonchev–Trinajstić information content (AvgIpc) is 2.27. The minimum absolute atomic E-state index is 0.166. The molecule has 0 unspecified atom stereocenters. The number of aryl methyl sites for hydroxylation is 1. The molecule has 1 aliphatic rings. The van der Waals surface area contributed by atoms with Crippen molar-refractivity contribution in [3.63, 3.8) is 0 Å². The summed E-state index contributed by atoms with van der Waals surface area (Å²) in [6.07, 6.45) is 3.31. The number of nitrogens with zero attached hydrogens (tertiary/aromatic N) is 3. The van der Waals surface area contributed by atoms with Crippen LogP contribution in [-0.4, -0.2) is 34.3 Å². The Labute approximate surface area is 100 Å². The summed E-state index contributed by atoms with van der Waals surface area (Å²) in [6, 6.07) is 2.08. The molecule has 1 N–H and O–H groups in total. The monoisotopic (exact) mass is 241 g/mol. The van der Waals surface area contributed by atoms with Gasteiger partial charge in [0.2, 0.25) is 5.28 Å². The van der Waals surface area contributed by atoms with E-state index in [1.807, 2.05) is 13.0 Å². The van der Waals surface area contributed by atoms with E-state index in [1.165, 1.54) is 6.42 Å². The third kappa shape index (κ3) is 2.44. The molecule has 0 amide bonds. The quantitative estimate of drug-likeness (QED) is 0.802. The maximum absolute atomic E-state index is 9.34. The Morgan fingerprint density at radius 2 is 2.31 bits per heavy atom. The Bertz CT molecular complexity index is 352. The van der Waals surface area contributed by atoms with Crippen molar-refractivity contribution in [1.29, 1.82) is 0 Å². The largest absolute Gasteiger partial charge is 0.394 e. The van der Waals surface area contributed by atoms with Gasteiger partial charge in [0.05, 0.1) is 12.6 Å². The number of anilines is 1. The Balaban J connectivity index is 2.26. The van der Waals surface area contributed by atoms with Gasteiger partial charge < -0.3 is 10.0 Å². The molecule has 1 atom stereocenters. The molecule has 0 saturated carbocycles. The van der Waals surface area contributed by atoms with Crippen molar-refractivity contribution >= 4 is 17.4 Å². The van der Waals surface area contributed by atoms with E-state index >= 15 is 0 Å². The average molecular weight is 242 g/mol. The lowest BCUT2D eigenvalue weighted by Gasteiger charge is -2.35. The van der Waals surface area contributed by atoms with E-state index < -0.39 is 0 Å². The molecule has 1 saturated heterocycles. The lowest BCUT2D eigenvalue weighted by molar-refractivity contribution is 0.239. The molecule has 2 rings (SSSR count). The summed E-state index contributed by atoms with van der Waals surface area (Å²) in [4.78, 5) is 10.4. The molecule has 1 aliphatic heterocycles. The fourth-order valence-electron chi connectivity index (χ4n) is 2.16. The molecular formula is C11H16ClN3O. The van der Waals surface area contributed by atoms with Crippen LogP contribution in [-0.2, 0) is 0 Å². The van der Waals surface area contributed by atoms with Crippen LogP contribution >= 0.6 is 11.6 Å². The second-order valence-corrected chi connectivity index (χ2v) is 4.50. The third-order valence-electron chi connectivity index (χ3n) is 2.95. The van der Waals surface area contributed by atoms with Crippen LogP contribution in [0.4, 0.5) is 5.82 Å². The van der Waals surface area contributed by atoms with E-state index in [1.54, 1.807) is 0 Å². The summed E-state index contributed by atoms with van der Waals surface area (Å²) < 4.78 is 0. The van der Waals surface area contributed by atoms with Crippen LogP contribution in [0.2, 0.25) is 5.28 Å². The topological polar surface area (TPSA) is 49.2 Å². The van der Waals surface area contributed by atoms with E-state index in [9.17, 15) is 5.11 Å². The molecule has 0 radical (unpaired) electrons. The van der Waals surface area contributed by atoms with Gasteiger partial charge in [0.15, 0.2) is 0 Å². The fourth-order valence-corrected chi connectivity index (χ4v) is 2.38. The maximum atomic E-state index is 9.34. The SMILES string of the molecule is Cc1cc(N2CCCC[C@H]2CO)nc(Cl)n1. The van der Waals surface area contributed by atoms with Gasteiger partial charge in [0.25, 0.3) is 0 Å². The predicted octanol–water partition coefficient (Wildman–Crippen LogP) is 1.79. The number of rotatable bonds is 2. The summed E-state index contributed by atoms with van der Waals surface area (Å²) in [5, 5.41) is 9.62. The maximum Gasteiger partial charge on any atom is 0.224 e. The van der Waals surface area contributed by atoms with Gasteiger partial charge in [-0.1, -0.05) is 0 Å². The van der Waals surface area contributed by atoms with E-state index in [0.29, 0.717) is 0 Å². The summed E-state index contributed by atoms with van der Waals surface area (Å²) >= 11 is 5.85. The van der Waals surface area contributed by atoms with Gasteiger partial charge in [-0.25, -0.2) is 9.97 Å². The van der Waals surface area contributed by atoms with Gasteiger partial charge in [-0.2, -0.15) is 0 Å². The van der Waals surface area contributed by atoms with Crippen LogP contribution < -0.4 is 4.90 Å². The Kier molecular flexibility index (Phi) is 3.61. The number of aliphatic hydroxyl groups is 1. The van der Waals surface area contributed by atoms with E-state index in [-0.39, 0.29) is 17.9 Å². The second-order valence-electron chi connectivity index (χ2n) is 4.16. The first kappa shape index (κ1) is 11.6. The molecule has 0 aliphatic carbocycles. The van der Waals surface area contributed by atoms with Gasteiger partial charge in [-0.15, -0.1) is 0 Å². The molecule has 1 aromatic rings. The van der Waals surface area contributed by atoms with Crippen LogP contribution in [0, 0.1) is 6.92 Å². The molecule has 0 spiro atoms. The van der Waals surface area contributed by atoms with Crippen molar-refractivity contribution < 1.29 is 5.11 Å². The van der Waals surface area contributed by atoms with Gasteiger partial charge in [-0.05, 0) is 37.8 Å². The van der Waals surface area contributed by atoms with Crippen molar-refractivity contribution in [2.75, 3.05) is 18.1 Å². The van der Waals surface area contributed by atoms with E-state index in [0.717, 1.165) is 30.9 Å². The zero-order valence-corrected chi connectivity index (χ0v) is 10.1. The van der Waals surface area contributed by atoms with Gasteiger partial charge in [-0.3, -0.25) is 0 Å². The first-order valence-corrected chi connectivity index (χ1v) is 5.97. The molecule has 5 heteroatoms. The zero-order valence-electron chi connectivity index (χ0n) is 9.36. The predicted molar refractivity (Wildman–Crippen MR) is 63.8 cm³/mol. The Morgan fingerprint density at radius 1 is 1.50 bits per heavy atom. The molecule has 1 aromatic heterocycles. The Hall–Kier alpha value is -0.870.